The van der Waals surface area contributed by atoms with Crippen LogP contribution in [0.2, 0.25) is 0 Å². The van der Waals surface area contributed by atoms with E-state index in [4.69, 9.17) is 0 Å². The number of aryl methyl sites for hydroxylation is 2. The molecule has 130 valence electrons. The number of allylic oxidation sites excluding steroid dienone is 1. The van der Waals surface area contributed by atoms with Crippen LogP contribution in [0.25, 0.3) is 6.08 Å². The molecule has 2 heterocycles. The second kappa shape index (κ2) is 6.48. The van der Waals surface area contributed by atoms with E-state index >= 15 is 0 Å². The highest BCUT2D eigenvalue weighted by Crippen LogP contribution is 2.27. The Morgan fingerprint density at radius 1 is 1.28 bits per heavy atom. The molecule has 1 aliphatic heterocycles. The Kier molecular flexibility index (Phi) is 4.17. The van der Waals surface area contributed by atoms with Crippen LogP contribution in [0, 0.1) is 0 Å². The summed E-state index contributed by atoms with van der Waals surface area (Å²) in [7, 11) is 4.11. The molecule has 1 saturated heterocycles. The topological polar surface area (TPSA) is 50.2 Å². The molecule has 25 heavy (non-hydrogen) atoms. The van der Waals surface area contributed by atoms with Crippen molar-refractivity contribution in [2.45, 2.75) is 24.8 Å². The molecule has 0 radical (unpaired) electrons. The first kappa shape index (κ1) is 16.1. The second-order valence-corrected chi connectivity index (χ2v) is 7.19. The van der Waals surface area contributed by atoms with Crippen molar-refractivity contribution in [2.24, 2.45) is 7.05 Å². The lowest BCUT2D eigenvalue weighted by Crippen LogP contribution is -2.40. The highest BCUT2D eigenvalue weighted by Gasteiger charge is 2.34. The predicted molar refractivity (Wildman–Crippen MR) is 98.5 cm³/mol. The number of carbonyl (C=O) groups is 1. The second-order valence-electron chi connectivity index (χ2n) is 7.19. The van der Waals surface area contributed by atoms with Crippen molar-refractivity contribution in [1.82, 2.24) is 19.8 Å². The fraction of sp³-hybridized carbons (Fsp3) is 0.400. The summed E-state index contributed by atoms with van der Waals surface area (Å²) < 4.78 is 2.05. The lowest BCUT2D eigenvalue weighted by atomic mass is 9.95. The van der Waals surface area contributed by atoms with Crippen LogP contribution >= 0.6 is 0 Å². The van der Waals surface area contributed by atoms with Gasteiger partial charge in [0.1, 0.15) is 0 Å². The number of rotatable bonds is 3. The number of likely N-dealkylation sites (tertiary alicyclic amines) is 1. The fourth-order valence-electron chi connectivity index (χ4n) is 4.00. The van der Waals surface area contributed by atoms with Gasteiger partial charge in [-0.2, -0.15) is 0 Å². The van der Waals surface area contributed by atoms with Gasteiger partial charge < -0.3 is 14.8 Å². The average Bonchev–Trinajstić information content (AvgIpc) is 3.19. The molecule has 1 amide bonds. The summed E-state index contributed by atoms with van der Waals surface area (Å²) in [5.74, 6) is 0.284. The lowest BCUT2D eigenvalue weighted by Gasteiger charge is -2.21. The standard InChI is InChI=1S/C20H24N4O/c1-23-11-17(19-10-21-13-24(19)2)18(12-23)22-20(25)16-8-7-14-5-3-4-6-15(14)9-16/h3,5,7-10,13,17-18H,4,6,11-12H2,1-2H3,(H,22,25)/t17-,18-/m1/s1. The number of hydrogen-bond donors (Lipinski definition) is 1. The quantitative estimate of drug-likeness (QED) is 0.935. The van der Waals surface area contributed by atoms with Gasteiger partial charge in [-0.25, -0.2) is 4.98 Å². The summed E-state index contributed by atoms with van der Waals surface area (Å²) in [5.41, 5.74) is 4.43. The fourth-order valence-corrected chi connectivity index (χ4v) is 4.00. The van der Waals surface area contributed by atoms with Crippen molar-refractivity contribution >= 4 is 12.0 Å². The van der Waals surface area contributed by atoms with Crippen molar-refractivity contribution in [3.05, 3.63) is 59.2 Å². The number of fused-ring (bicyclic) bond motifs is 1. The molecule has 2 atom stereocenters. The van der Waals surface area contributed by atoms with Gasteiger partial charge in [-0.1, -0.05) is 18.2 Å². The van der Waals surface area contributed by atoms with E-state index < -0.39 is 0 Å². The van der Waals surface area contributed by atoms with E-state index in [9.17, 15) is 4.79 Å². The first-order valence-electron chi connectivity index (χ1n) is 8.87. The minimum atomic E-state index is 0.0184. The van der Waals surface area contributed by atoms with Crippen molar-refractivity contribution in [3.63, 3.8) is 0 Å². The highest BCUT2D eigenvalue weighted by atomic mass is 16.1. The zero-order chi connectivity index (χ0) is 17.4. The number of amides is 1. The molecule has 0 bridgehead atoms. The Hall–Kier alpha value is -2.40. The molecular weight excluding hydrogens is 312 g/mol. The Labute approximate surface area is 148 Å². The van der Waals surface area contributed by atoms with Gasteiger partial charge in [0, 0.05) is 43.5 Å². The lowest BCUT2D eigenvalue weighted by molar-refractivity contribution is 0.0935. The average molecular weight is 336 g/mol. The van der Waals surface area contributed by atoms with Crippen LogP contribution in [0.3, 0.4) is 0 Å². The van der Waals surface area contributed by atoms with E-state index in [1.807, 2.05) is 36.3 Å². The highest BCUT2D eigenvalue weighted by molar-refractivity contribution is 5.95. The summed E-state index contributed by atoms with van der Waals surface area (Å²) in [6.07, 6.45) is 10.1. The molecule has 5 heteroatoms. The van der Waals surface area contributed by atoms with Crippen molar-refractivity contribution < 1.29 is 4.79 Å². The van der Waals surface area contributed by atoms with Crippen LogP contribution in [0.5, 0.6) is 0 Å². The van der Waals surface area contributed by atoms with Gasteiger partial charge in [-0.3, -0.25) is 4.79 Å². The van der Waals surface area contributed by atoms with Gasteiger partial charge in [0.25, 0.3) is 5.91 Å². The van der Waals surface area contributed by atoms with E-state index in [-0.39, 0.29) is 17.9 Å². The zero-order valence-corrected chi connectivity index (χ0v) is 14.8. The number of benzene rings is 1. The summed E-state index contributed by atoms with van der Waals surface area (Å²) in [4.78, 5) is 19.3. The summed E-state index contributed by atoms with van der Waals surface area (Å²) in [6.45, 7) is 1.79. The first-order chi connectivity index (χ1) is 12.1. The molecule has 4 rings (SSSR count). The van der Waals surface area contributed by atoms with Crippen LogP contribution < -0.4 is 5.32 Å². The summed E-state index contributed by atoms with van der Waals surface area (Å²) in [5, 5.41) is 3.26. The minimum absolute atomic E-state index is 0.0184. The molecule has 1 N–H and O–H groups in total. The molecule has 0 saturated carbocycles. The summed E-state index contributed by atoms with van der Waals surface area (Å²) >= 11 is 0. The van der Waals surface area contributed by atoms with Crippen molar-refractivity contribution in [3.8, 4) is 0 Å². The Morgan fingerprint density at radius 3 is 2.96 bits per heavy atom. The Bertz CT molecular complexity index is 823. The number of imidazole rings is 1. The molecule has 2 aromatic rings. The molecule has 2 aliphatic rings. The molecule has 1 aromatic heterocycles. The third-order valence-corrected chi connectivity index (χ3v) is 5.34. The zero-order valence-electron chi connectivity index (χ0n) is 14.8. The maximum Gasteiger partial charge on any atom is 0.251 e. The van der Waals surface area contributed by atoms with E-state index in [1.165, 1.54) is 16.8 Å². The minimum Gasteiger partial charge on any atom is -0.347 e. The number of hydrogen-bond acceptors (Lipinski definition) is 3. The SMILES string of the molecule is CN1C[C@@H](NC(=O)c2ccc3c(c2)CCC=C3)[C@H](c2cncn2C)C1. The van der Waals surface area contributed by atoms with Crippen LogP contribution in [0.4, 0.5) is 0 Å². The van der Waals surface area contributed by atoms with Gasteiger partial charge in [0.15, 0.2) is 0 Å². The van der Waals surface area contributed by atoms with Crippen molar-refractivity contribution in [1.29, 1.82) is 0 Å². The van der Waals surface area contributed by atoms with Gasteiger partial charge in [0.05, 0.1) is 12.4 Å². The van der Waals surface area contributed by atoms with E-state index in [1.54, 1.807) is 0 Å². The first-order valence-corrected chi connectivity index (χ1v) is 8.87. The van der Waals surface area contributed by atoms with Crippen LogP contribution in [-0.2, 0) is 13.5 Å². The largest absolute Gasteiger partial charge is 0.347 e. The molecule has 5 nitrogen and oxygen atoms in total. The number of nitrogens with one attached hydrogen (secondary N) is 1. The molecular formula is C20H24N4O. The number of likely N-dealkylation sites (N-methyl/N-ethyl adjacent to an activating group) is 1. The van der Waals surface area contributed by atoms with E-state index in [0.29, 0.717) is 0 Å². The Morgan fingerprint density at radius 2 is 2.16 bits per heavy atom. The smallest absolute Gasteiger partial charge is 0.251 e. The van der Waals surface area contributed by atoms with Gasteiger partial charge >= 0.3 is 0 Å². The molecule has 1 aliphatic carbocycles. The maximum absolute atomic E-state index is 12.8. The van der Waals surface area contributed by atoms with Crippen molar-refractivity contribution in [2.75, 3.05) is 20.1 Å². The maximum atomic E-state index is 12.8. The van der Waals surface area contributed by atoms with E-state index in [0.717, 1.165) is 31.5 Å². The third-order valence-electron chi connectivity index (χ3n) is 5.34. The number of nitrogens with zero attached hydrogens (tertiary/aromatic N) is 3. The summed E-state index contributed by atoms with van der Waals surface area (Å²) in [6, 6.07) is 6.14. The molecule has 0 unspecified atom stereocenters. The van der Waals surface area contributed by atoms with Gasteiger partial charge in [-0.15, -0.1) is 0 Å². The van der Waals surface area contributed by atoms with Crippen LogP contribution in [0.15, 0.2) is 36.8 Å². The molecule has 1 fully saturated rings. The molecule has 1 aromatic carbocycles. The molecule has 0 spiro atoms. The number of aromatic nitrogens is 2. The predicted octanol–water partition coefficient (Wildman–Crippen LogP) is 2.21. The van der Waals surface area contributed by atoms with Crippen LogP contribution in [-0.4, -0.2) is 46.5 Å². The third kappa shape index (κ3) is 3.12. The normalized spacial score (nSPS) is 22.8. The Balaban J connectivity index is 1.53. The number of carbonyl (C=O) groups excluding carboxylic acids is 1. The van der Waals surface area contributed by atoms with Gasteiger partial charge in [-0.05, 0) is 43.1 Å². The van der Waals surface area contributed by atoms with E-state index in [2.05, 4.69) is 40.5 Å². The van der Waals surface area contributed by atoms with Gasteiger partial charge in [0.2, 0.25) is 0 Å². The monoisotopic (exact) mass is 336 g/mol. The van der Waals surface area contributed by atoms with Crippen LogP contribution in [0.1, 0.15) is 39.5 Å².